The van der Waals surface area contributed by atoms with Gasteiger partial charge in [-0.25, -0.2) is 4.79 Å². The van der Waals surface area contributed by atoms with Gasteiger partial charge in [0.2, 0.25) is 0 Å². The minimum absolute atomic E-state index is 0.118. The number of nitrogens with zero attached hydrogens (tertiary/aromatic N) is 2. The third-order valence-corrected chi connectivity index (χ3v) is 2.32. The Morgan fingerprint density at radius 1 is 1.61 bits per heavy atom. The number of hydrogen-bond donors (Lipinski definition) is 2. The van der Waals surface area contributed by atoms with E-state index >= 15 is 0 Å². The number of aliphatic hydroxyl groups is 1. The standard InChI is InChI=1S/C12H21N3O3/c1-9(8-16)15(7-10-5-6-13-14-10)11(17)18-12(2,3)4/h5-6,9,16H,7-8H2,1-4H3,(H,13,14)/t9-/m1/s1. The molecule has 6 nitrogen and oxygen atoms in total. The molecule has 6 heteroatoms. The van der Waals surface area contributed by atoms with Crippen molar-refractivity contribution in [1.29, 1.82) is 0 Å². The van der Waals surface area contributed by atoms with Crippen LogP contribution in [0, 0.1) is 0 Å². The smallest absolute Gasteiger partial charge is 0.410 e. The van der Waals surface area contributed by atoms with Crippen LogP contribution in [0.4, 0.5) is 4.79 Å². The van der Waals surface area contributed by atoms with Gasteiger partial charge in [-0.05, 0) is 33.8 Å². The molecule has 1 atom stereocenters. The highest BCUT2D eigenvalue weighted by atomic mass is 16.6. The molecule has 0 aromatic carbocycles. The molecule has 2 N–H and O–H groups in total. The van der Waals surface area contributed by atoms with Gasteiger partial charge in [0.05, 0.1) is 24.9 Å². The normalized spacial score (nSPS) is 13.2. The fourth-order valence-corrected chi connectivity index (χ4v) is 1.38. The van der Waals surface area contributed by atoms with Crippen LogP contribution in [-0.2, 0) is 11.3 Å². The SMILES string of the molecule is C[C@H](CO)N(Cc1ccn[nH]1)C(=O)OC(C)(C)C. The van der Waals surface area contributed by atoms with Crippen molar-refractivity contribution in [1.82, 2.24) is 15.1 Å². The van der Waals surface area contributed by atoms with E-state index in [9.17, 15) is 9.90 Å². The van der Waals surface area contributed by atoms with E-state index in [1.54, 1.807) is 19.2 Å². The van der Waals surface area contributed by atoms with Crippen molar-refractivity contribution in [3.05, 3.63) is 18.0 Å². The highest BCUT2D eigenvalue weighted by Gasteiger charge is 2.26. The van der Waals surface area contributed by atoms with Crippen molar-refractivity contribution in [3.63, 3.8) is 0 Å². The number of nitrogens with one attached hydrogen (secondary N) is 1. The molecule has 0 saturated carbocycles. The molecule has 0 bridgehead atoms. The maximum atomic E-state index is 12.0. The van der Waals surface area contributed by atoms with Crippen LogP contribution in [0.1, 0.15) is 33.4 Å². The van der Waals surface area contributed by atoms with Gasteiger partial charge in [-0.15, -0.1) is 0 Å². The number of ether oxygens (including phenoxy) is 1. The molecule has 0 aliphatic rings. The average molecular weight is 255 g/mol. The first-order chi connectivity index (χ1) is 8.33. The Kier molecular flexibility index (Phi) is 4.72. The Morgan fingerprint density at radius 2 is 2.28 bits per heavy atom. The zero-order valence-corrected chi connectivity index (χ0v) is 11.3. The predicted molar refractivity (Wildman–Crippen MR) is 66.9 cm³/mol. The van der Waals surface area contributed by atoms with Crippen molar-refractivity contribution in [2.45, 2.75) is 45.9 Å². The van der Waals surface area contributed by atoms with E-state index in [4.69, 9.17) is 4.74 Å². The number of aliphatic hydroxyl groups excluding tert-OH is 1. The highest BCUT2D eigenvalue weighted by molar-refractivity contribution is 5.68. The van der Waals surface area contributed by atoms with Crippen LogP contribution < -0.4 is 0 Å². The summed E-state index contributed by atoms with van der Waals surface area (Å²) in [6.07, 6.45) is 1.17. The second-order valence-electron chi connectivity index (χ2n) is 5.22. The summed E-state index contributed by atoms with van der Waals surface area (Å²) in [6, 6.07) is 1.46. The Morgan fingerprint density at radius 3 is 2.72 bits per heavy atom. The Hall–Kier alpha value is -1.56. The third kappa shape index (κ3) is 4.37. The molecule has 0 aliphatic carbocycles. The maximum Gasteiger partial charge on any atom is 0.410 e. The second-order valence-corrected chi connectivity index (χ2v) is 5.22. The van der Waals surface area contributed by atoms with Crippen LogP contribution in [0.2, 0.25) is 0 Å². The van der Waals surface area contributed by atoms with E-state index in [-0.39, 0.29) is 12.6 Å². The molecule has 0 aliphatic heterocycles. The topological polar surface area (TPSA) is 78.5 Å². The van der Waals surface area contributed by atoms with E-state index in [1.165, 1.54) is 4.90 Å². The van der Waals surface area contributed by atoms with Gasteiger partial charge < -0.3 is 9.84 Å². The van der Waals surface area contributed by atoms with Crippen molar-refractivity contribution in [2.24, 2.45) is 0 Å². The predicted octanol–water partition coefficient (Wildman–Crippen LogP) is 1.53. The minimum Gasteiger partial charge on any atom is -0.444 e. The van der Waals surface area contributed by atoms with Crippen molar-refractivity contribution in [3.8, 4) is 0 Å². The molecule has 1 aromatic rings. The van der Waals surface area contributed by atoms with Crippen LogP contribution in [-0.4, -0.2) is 44.5 Å². The zero-order chi connectivity index (χ0) is 13.8. The van der Waals surface area contributed by atoms with Crippen LogP contribution >= 0.6 is 0 Å². The first-order valence-corrected chi connectivity index (χ1v) is 5.92. The number of aromatic nitrogens is 2. The number of aromatic amines is 1. The fourth-order valence-electron chi connectivity index (χ4n) is 1.38. The van der Waals surface area contributed by atoms with Crippen LogP contribution in [0.5, 0.6) is 0 Å². The van der Waals surface area contributed by atoms with Crippen LogP contribution in [0.15, 0.2) is 12.3 Å². The molecule has 0 saturated heterocycles. The molecular formula is C12H21N3O3. The number of carbonyl (C=O) groups is 1. The molecule has 1 rings (SSSR count). The summed E-state index contributed by atoms with van der Waals surface area (Å²) in [6.45, 7) is 7.40. The second kappa shape index (κ2) is 5.86. The molecule has 1 amide bonds. The molecule has 1 heterocycles. The number of carbonyl (C=O) groups excluding carboxylic acids is 1. The molecule has 0 unspecified atom stereocenters. The molecule has 102 valence electrons. The fraction of sp³-hybridized carbons (Fsp3) is 0.667. The largest absolute Gasteiger partial charge is 0.444 e. The first kappa shape index (κ1) is 14.5. The van der Waals surface area contributed by atoms with E-state index in [0.29, 0.717) is 6.54 Å². The lowest BCUT2D eigenvalue weighted by Gasteiger charge is -2.30. The minimum atomic E-state index is -0.557. The van der Waals surface area contributed by atoms with Crippen LogP contribution in [0.25, 0.3) is 0 Å². The van der Waals surface area contributed by atoms with Gasteiger partial charge in [0.15, 0.2) is 0 Å². The number of H-pyrrole nitrogens is 1. The van der Waals surface area contributed by atoms with Gasteiger partial charge in [-0.2, -0.15) is 5.10 Å². The van der Waals surface area contributed by atoms with Crippen molar-refractivity contribution < 1.29 is 14.6 Å². The summed E-state index contributed by atoms with van der Waals surface area (Å²) in [7, 11) is 0. The summed E-state index contributed by atoms with van der Waals surface area (Å²) >= 11 is 0. The van der Waals surface area contributed by atoms with Gasteiger partial charge in [-0.3, -0.25) is 10.00 Å². The molecule has 18 heavy (non-hydrogen) atoms. The monoisotopic (exact) mass is 255 g/mol. The molecule has 0 spiro atoms. The molecule has 0 radical (unpaired) electrons. The lowest BCUT2D eigenvalue weighted by Crippen LogP contribution is -2.43. The Balaban J connectivity index is 2.75. The average Bonchev–Trinajstić information content (AvgIpc) is 2.75. The van der Waals surface area contributed by atoms with Gasteiger partial charge in [0, 0.05) is 6.20 Å². The summed E-state index contributed by atoms with van der Waals surface area (Å²) in [5.41, 5.74) is 0.236. The van der Waals surface area contributed by atoms with Crippen molar-refractivity contribution in [2.75, 3.05) is 6.61 Å². The highest BCUT2D eigenvalue weighted by Crippen LogP contribution is 2.14. The lowest BCUT2D eigenvalue weighted by molar-refractivity contribution is 0.00907. The van der Waals surface area contributed by atoms with E-state index in [1.807, 2.05) is 20.8 Å². The molecular weight excluding hydrogens is 234 g/mol. The zero-order valence-electron chi connectivity index (χ0n) is 11.3. The number of rotatable bonds is 4. The van der Waals surface area contributed by atoms with Gasteiger partial charge in [0.25, 0.3) is 0 Å². The summed E-state index contributed by atoms with van der Waals surface area (Å²) in [4.78, 5) is 13.5. The Bertz CT molecular complexity index is 370. The lowest BCUT2D eigenvalue weighted by atomic mass is 10.2. The molecule has 0 fully saturated rings. The first-order valence-electron chi connectivity index (χ1n) is 5.92. The third-order valence-electron chi connectivity index (χ3n) is 2.32. The summed E-state index contributed by atoms with van der Waals surface area (Å²) in [5.74, 6) is 0. The summed E-state index contributed by atoms with van der Waals surface area (Å²) < 4.78 is 5.31. The number of amides is 1. The van der Waals surface area contributed by atoms with Crippen molar-refractivity contribution >= 4 is 6.09 Å². The van der Waals surface area contributed by atoms with E-state index in [0.717, 1.165) is 5.69 Å². The maximum absolute atomic E-state index is 12.0. The quantitative estimate of drug-likeness (QED) is 0.855. The van der Waals surface area contributed by atoms with Gasteiger partial charge >= 0.3 is 6.09 Å². The molecule has 1 aromatic heterocycles. The number of hydrogen-bond acceptors (Lipinski definition) is 4. The van der Waals surface area contributed by atoms with Crippen LogP contribution in [0.3, 0.4) is 0 Å². The van der Waals surface area contributed by atoms with Gasteiger partial charge in [-0.1, -0.05) is 0 Å². The van der Waals surface area contributed by atoms with Gasteiger partial charge in [0.1, 0.15) is 5.60 Å². The Labute approximate surface area is 107 Å². The van der Waals surface area contributed by atoms with E-state index in [2.05, 4.69) is 10.2 Å². The summed E-state index contributed by atoms with van der Waals surface area (Å²) in [5, 5.41) is 15.8. The van der Waals surface area contributed by atoms with E-state index < -0.39 is 11.7 Å².